The van der Waals surface area contributed by atoms with Gasteiger partial charge in [-0.05, 0) is 37.1 Å². The zero-order chi connectivity index (χ0) is 16.4. The molecule has 2 aromatic carbocycles. The monoisotopic (exact) mass is 309 g/mol. The van der Waals surface area contributed by atoms with Crippen molar-refractivity contribution in [2.75, 3.05) is 18.0 Å². The van der Waals surface area contributed by atoms with E-state index >= 15 is 0 Å². The maximum Gasteiger partial charge on any atom is 0.143 e. The summed E-state index contributed by atoms with van der Waals surface area (Å²) in [5, 5.41) is 9.73. The highest BCUT2D eigenvalue weighted by Crippen LogP contribution is 2.36. The smallest absolute Gasteiger partial charge is 0.143 e. The van der Waals surface area contributed by atoms with Gasteiger partial charge in [0, 0.05) is 19.0 Å². The second kappa shape index (κ2) is 6.37. The first kappa shape index (κ1) is 15.5. The van der Waals surface area contributed by atoms with Crippen LogP contribution in [0.1, 0.15) is 16.7 Å². The number of hydrogen-bond donors (Lipinski definition) is 1. The minimum Gasteiger partial charge on any atom is -0.508 e. The zero-order valence-corrected chi connectivity index (χ0v) is 13.7. The summed E-state index contributed by atoms with van der Waals surface area (Å²) in [6, 6.07) is 11.8. The number of ether oxygens (including phenoxy) is 1. The Kier molecular flexibility index (Phi) is 4.28. The van der Waals surface area contributed by atoms with E-state index in [0.717, 1.165) is 30.9 Å². The van der Waals surface area contributed by atoms with Crippen molar-refractivity contribution in [2.45, 2.75) is 26.4 Å². The number of hydrogen-bond acceptors (Lipinski definition) is 3. The van der Waals surface area contributed by atoms with Crippen LogP contribution in [-0.2, 0) is 6.42 Å². The van der Waals surface area contributed by atoms with Gasteiger partial charge in [-0.25, -0.2) is 0 Å². The Hall–Kier alpha value is -2.42. The highest BCUT2D eigenvalue weighted by Gasteiger charge is 2.26. The van der Waals surface area contributed by atoms with Crippen LogP contribution in [0.25, 0.3) is 0 Å². The van der Waals surface area contributed by atoms with Gasteiger partial charge in [0.05, 0.1) is 12.2 Å². The molecule has 1 atom stereocenters. The van der Waals surface area contributed by atoms with Gasteiger partial charge in [0.15, 0.2) is 0 Å². The van der Waals surface area contributed by atoms with Crippen molar-refractivity contribution < 1.29 is 9.84 Å². The molecule has 1 heterocycles. The third-order valence-corrected chi connectivity index (χ3v) is 4.30. The minimum absolute atomic E-state index is 0.0903. The van der Waals surface area contributed by atoms with E-state index in [0.29, 0.717) is 0 Å². The summed E-state index contributed by atoms with van der Waals surface area (Å²) in [6.45, 7) is 9.63. The van der Waals surface area contributed by atoms with E-state index < -0.39 is 0 Å². The molecule has 0 saturated heterocycles. The van der Waals surface area contributed by atoms with Crippen LogP contribution in [0.15, 0.2) is 49.1 Å². The van der Waals surface area contributed by atoms with E-state index in [1.165, 1.54) is 16.7 Å². The van der Waals surface area contributed by atoms with Gasteiger partial charge in [0.1, 0.15) is 17.6 Å². The molecular formula is C20H23NO2. The number of anilines is 1. The van der Waals surface area contributed by atoms with Crippen LogP contribution < -0.4 is 9.64 Å². The Balaban J connectivity index is 1.86. The quantitative estimate of drug-likeness (QED) is 0.866. The third kappa shape index (κ3) is 3.34. The predicted molar refractivity (Wildman–Crippen MR) is 94.6 cm³/mol. The van der Waals surface area contributed by atoms with E-state index in [-0.39, 0.29) is 11.9 Å². The Morgan fingerprint density at radius 3 is 2.87 bits per heavy atom. The first-order valence-corrected chi connectivity index (χ1v) is 7.98. The van der Waals surface area contributed by atoms with Gasteiger partial charge in [0.25, 0.3) is 0 Å². The molecule has 2 aromatic rings. The molecule has 23 heavy (non-hydrogen) atoms. The van der Waals surface area contributed by atoms with E-state index in [4.69, 9.17) is 4.74 Å². The number of fused-ring (bicyclic) bond motifs is 1. The fourth-order valence-corrected chi connectivity index (χ4v) is 3.11. The van der Waals surface area contributed by atoms with Crippen LogP contribution in [0.4, 0.5) is 5.69 Å². The Bertz CT molecular complexity index is 724. The summed E-state index contributed by atoms with van der Waals surface area (Å²) in [7, 11) is 0. The summed E-state index contributed by atoms with van der Waals surface area (Å²) in [6.07, 6.45) is 2.85. The van der Waals surface area contributed by atoms with E-state index in [9.17, 15) is 5.11 Å². The number of nitrogens with zero attached hydrogens (tertiary/aromatic N) is 1. The average molecular weight is 309 g/mol. The van der Waals surface area contributed by atoms with Crippen molar-refractivity contribution in [1.82, 2.24) is 0 Å². The highest BCUT2D eigenvalue weighted by molar-refractivity contribution is 5.63. The SMILES string of the molecule is C=CCN1CC(Cc2cc(C)ccc2C)Oc2ccc(O)cc21. The lowest BCUT2D eigenvalue weighted by atomic mass is 9.99. The molecular weight excluding hydrogens is 286 g/mol. The van der Waals surface area contributed by atoms with E-state index in [1.807, 2.05) is 12.1 Å². The second-order valence-corrected chi connectivity index (χ2v) is 6.22. The molecule has 3 nitrogen and oxygen atoms in total. The molecule has 0 bridgehead atoms. The Morgan fingerprint density at radius 1 is 1.26 bits per heavy atom. The number of aryl methyl sites for hydroxylation is 2. The summed E-state index contributed by atoms with van der Waals surface area (Å²) in [5.74, 6) is 1.08. The van der Waals surface area contributed by atoms with Crippen molar-refractivity contribution in [3.8, 4) is 11.5 Å². The number of phenolic OH excluding ortho intramolecular Hbond substituents is 1. The lowest BCUT2D eigenvalue weighted by molar-refractivity contribution is 0.194. The van der Waals surface area contributed by atoms with Gasteiger partial charge in [-0.15, -0.1) is 6.58 Å². The summed E-state index contributed by atoms with van der Waals surface area (Å²) in [4.78, 5) is 2.21. The Labute approximate surface area is 137 Å². The minimum atomic E-state index is 0.0903. The standard InChI is InChI=1S/C20H23NO2/c1-4-9-21-13-18(11-16-10-14(2)5-6-15(16)3)23-20-8-7-17(22)12-19(20)21/h4-8,10,12,18,22H,1,9,11,13H2,2-3H3. The number of aromatic hydroxyl groups is 1. The van der Waals surface area contributed by atoms with Crippen molar-refractivity contribution in [3.63, 3.8) is 0 Å². The zero-order valence-electron chi connectivity index (χ0n) is 13.7. The van der Waals surface area contributed by atoms with Crippen molar-refractivity contribution in [1.29, 1.82) is 0 Å². The molecule has 0 radical (unpaired) electrons. The summed E-state index contributed by atoms with van der Waals surface area (Å²) >= 11 is 0. The maximum absolute atomic E-state index is 9.73. The van der Waals surface area contributed by atoms with E-state index in [2.05, 4.69) is 43.5 Å². The van der Waals surface area contributed by atoms with Crippen LogP contribution in [0.5, 0.6) is 11.5 Å². The van der Waals surface area contributed by atoms with Crippen LogP contribution in [0, 0.1) is 13.8 Å². The molecule has 1 unspecified atom stereocenters. The molecule has 0 amide bonds. The molecule has 0 spiro atoms. The molecule has 1 N–H and O–H groups in total. The average Bonchev–Trinajstić information content (AvgIpc) is 2.52. The largest absolute Gasteiger partial charge is 0.508 e. The summed E-state index contributed by atoms with van der Waals surface area (Å²) in [5.41, 5.74) is 4.83. The molecule has 1 aliphatic rings. The van der Waals surface area contributed by atoms with Gasteiger partial charge in [-0.2, -0.15) is 0 Å². The van der Waals surface area contributed by atoms with Crippen LogP contribution in [0.3, 0.4) is 0 Å². The van der Waals surface area contributed by atoms with Crippen molar-refractivity contribution >= 4 is 5.69 Å². The molecule has 0 fully saturated rings. The normalized spacial score (nSPS) is 16.6. The number of phenols is 1. The predicted octanol–water partition coefficient (Wildman–Crippen LogP) is 4.01. The van der Waals surface area contributed by atoms with Crippen LogP contribution >= 0.6 is 0 Å². The summed E-state index contributed by atoms with van der Waals surface area (Å²) < 4.78 is 6.18. The number of rotatable bonds is 4. The number of benzene rings is 2. The van der Waals surface area contributed by atoms with Crippen molar-refractivity contribution in [2.24, 2.45) is 0 Å². The first-order valence-electron chi connectivity index (χ1n) is 7.98. The maximum atomic E-state index is 9.73. The Morgan fingerprint density at radius 2 is 2.09 bits per heavy atom. The van der Waals surface area contributed by atoms with Gasteiger partial charge in [-0.3, -0.25) is 0 Å². The van der Waals surface area contributed by atoms with E-state index in [1.54, 1.807) is 12.1 Å². The van der Waals surface area contributed by atoms with Gasteiger partial charge in [-0.1, -0.05) is 29.8 Å². The fourth-order valence-electron chi connectivity index (χ4n) is 3.11. The third-order valence-electron chi connectivity index (χ3n) is 4.30. The fraction of sp³-hybridized carbons (Fsp3) is 0.300. The van der Waals surface area contributed by atoms with Crippen molar-refractivity contribution in [3.05, 3.63) is 65.7 Å². The molecule has 1 aliphatic heterocycles. The molecule has 3 heteroatoms. The molecule has 0 aliphatic carbocycles. The molecule has 3 rings (SSSR count). The molecule has 0 aromatic heterocycles. The van der Waals surface area contributed by atoms with Gasteiger partial charge < -0.3 is 14.7 Å². The topological polar surface area (TPSA) is 32.7 Å². The van der Waals surface area contributed by atoms with Crippen LogP contribution in [-0.4, -0.2) is 24.3 Å². The lowest BCUT2D eigenvalue weighted by Gasteiger charge is -2.36. The van der Waals surface area contributed by atoms with Gasteiger partial charge in [0.2, 0.25) is 0 Å². The highest BCUT2D eigenvalue weighted by atomic mass is 16.5. The second-order valence-electron chi connectivity index (χ2n) is 6.22. The lowest BCUT2D eigenvalue weighted by Crippen LogP contribution is -2.41. The van der Waals surface area contributed by atoms with Gasteiger partial charge >= 0.3 is 0 Å². The molecule has 120 valence electrons. The first-order chi connectivity index (χ1) is 11.1. The van der Waals surface area contributed by atoms with Crippen LogP contribution in [0.2, 0.25) is 0 Å². The molecule has 0 saturated carbocycles.